The van der Waals surface area contributed by atoms with Gasteiger partial charge in [0.2, 0.25) is 5.78 Å². The van der Waals surface area contributed by atoms with E-state index in [1.807, 2.05) is 18.7 Å². The number of fused-ring (bicyclic) bond motifs is 1. The van der Waals surface area contributed by atoms with E-state index >= 15 is 0 Å². The fourth-order valence-corrected chi connectivity index (χ4v) is 4.37. The second-order valence-electron chi connectivity index (χ2n) is 8.37. The fourth-order valence-electron chi connectivity index (χ4n) is 4.37. The van der Waals surface area contributed by atoms with E-state index in [0.29, 0.717) is 46.4 Å². The first kappa shape index (κ1) is 21.6. The summed E-state index contributed by atoms with van der Waals surface area (Å²) in [5, 5.41) is 20.0. The van der Waals surface area contributed by atoms with Gasteiger partial charge in [-0.1, -0.05) is 0 Å². The van der Waals surface area contributed by atoms with Gasteiger partial charge in [0.15, 0.2) is 5.82 Å². The third-order valence-electron chi connectivity index (χ3n) is 6.15. The fraction of sp³-hybridized carbons (Fsp3) is 0.240. The molecule has 1 amide bonds. The molecule has 9 nitrogen and oxygen atoms in total. The maximum Gasteiger partial charge on any atom is 0.254 e. The van der Waals surface area contributed by atoms with Crippen molar-refractivity contribution in [2.24, 2.45) is 0 Å². The zero-order valence-electron chi connectivity index (χ0n) is 18.9. The summed E-state index contributed by atoms with van der Waals surface area (Å²) in [5.41, 5.74) is 5.70. The maximum atomic E-state index is 13.3. The molecule has 0 bridgehead atoms. The lowest BCUT2D eigenvalue weighted by Gasteiger charge is -2.27. The largest absolute Gasteiger partial charge is 0.336 e. The molecule has 1 aliphatic heterocycles. The van der Waals surface area contributed by atoms with Crippen LogP contribution in [0.2, 0.25) is 0 Å². The number of hydrogen-bond donors (Lipinski definition) is 3. The highest BCUT2D eigenvalue weighted by molar-refractivity contribution is 6.09. The number of ketones is 1. The standard InChI is InChI=1S/C25H23N7O2/c1-14-22(15(2)31-30-14)19-11-16(3-4-18(19)13-26)23(33)24-28-20-6-5-17(12-21(20)29-24)25(34)32-9-7-27-8-10-32/h3-6,11-12,27H,7-10H2,1-2H3,(H,28,29)(H,30,31). The molecule has 0 saturated carbocycles. The molecule has 9 heteroatoms. The van der Waals surface area contributed by atoms with Gasteiger partial charge in [-0.15, -0.1) is 0 Å². The number of carbonyl (C=O) groups excluding carboxylic acids is 2. The number of amides is 1. The van der Waals surface area contributed by atoms with Crippen molar-refractivity contribution in [1.82, 2.24) is 30.4 Å². The molecule has 0 unspecified atom stereocenters. The molecule has 3 heterocycles. The average molecular weight is 454 g/mol. The van der Waals surface area contributed by atoms with E-state index in [0.717, 1.165) is 30.0 Å². The third-order valence-corrected chi connectivity index (χ3v) is 6.15. The van der Waals surface area contributed by atoms with Gasteiger partial charge in [0.25, 0.3) is 5.91 Å². The van der Waals surface area contributed by atoms with Crippen molar-refractivity contribution in [3.8, 4) is 17.2 Å². The van der Waals surface area contributed by atoms with E-state index in [2.05, 4.69) is 31.6 Å². The van der Waals surface area contributed by atoms with Gasteiger partial charge in [-0.2, -0.15) is 10.4 Å². The highest BCUT2D eigenvalue weighted by Gasteiger charge is 2.21. The molecular formula is C25H23N7O2. The summed E-state index contributed by atoms with van der Waals surface area (Å²) in [5.74, 6) is -0.151. The summed E-state index contributed by atoms with van der Waals surface area (Å²) in [6.45, 7) is 6.62. The van der Waals surface area contributed by atoms with Crippen molar-refractivity contribution in [3.63, 3.8) is 0 Å². The molecule has 0 aliphatic carbocycles. The topological polar surface area (TPSA) is 131 Å². The monoisotopic (exact) mass is 453 g/mol. The molecule has 1 aliphatic rings. The van der Waals surface area contributed by atoms with Crippen LogP contribution in [0.15, 0.2) is 36.4 Å². The Hall–Kier alpha value is -4.29. The number of nitrogens with zero attached hydrogens (tertiary/aromatic N) is 4. The Kier molecular flexibility index (Phi) is 5.43. The predicted molar refractivity (Wildman–Crippen MR) is 127 cm³/mol. The van der Waals surface area contributed by atoms with Gasteiger partial charge >= 0.3 is 0 Å². The minimum atomic E-state index is -0.296. The number of aromatic nitrogens is 4. The molecule has 34 heavy (non-hydrogen) atoms. The number of hydrogen-bond acceptors (Lipinski definition) is 6. The molecule has 4 aromatic rings. The molecule has 0 radical (unpaired) electrons. The van der Waals surface area contributed by atoms with Crippen molar-refractivity contribution in [2.75, 3.05) is 26.2 Å². The number of nitriles is 1. The van der Waals surface area contributed by atoms with Crippen LogP contribution in [-0.4, -0.2) is 62.9 Å². The summed E-state index contributed by atoms with van der Waals surface area (Å²) in [7, 11) is 0. The van der Waals surface area contributed by atoms with E-state index in [-0.39, 0.29) is 17.5 Å². The molecule has 2 aromatic heterocycles. The van der Waals surface area contributed by atoms with Crippen LogP contribution in [0.1, 0.15) is 43.5 Å². The smallest absolute Gasteiger partial charge is 0.254 e. The van der Waals surface area contributed by atoms with Crippen LogP contribution < -0.4 is 5.32 Å². The summed E-state index contributed by atoms with van der Waals surface area (Å²) < 4.78 is 0. The Bertz CT molecular complexity index is 1450. The molecule has 2 aromatic carbocycles. The van der Waals surface area contributed by atoms with Crippen molar-refractivity contribution in [2.45, 2.75) is 13.8 Å². The normalized spacial score (nSPS) is 13.7. The van der Waals surface area contributed by atoms with Gasteiger partial charge in [0.05, 0.1) is 28.4 Å². The summed E-state index contributed by atoms with van der Waals surface area (Å²) in [4.78, 5) is 35.5. The number of carbonyl (C=O) groups is 2. The quantitative estimate of drug-likeness (QED) is 0.407. The van der Waals surface area contributed by atoms with Crippen LogP contribution in [0.4, 0.5) is 0 Å². The van der Waals surface area contributed by atoms with Gasteiger partial charge in [0, 0.05) is 54.1 Å². The van der Waals surface area contributed by atoms with Crippen LogP contribution in [0, 0.1) is 25.2 Å². The van der Waals surface area contributed by atoms with Crippen LogP contribution in [0.3, 0.4) is 0 Å². The average Bonchev–Trinajstić information content (AvgIpc) is 3.45. The van der Waals surface area contributed by atoms with Crippen LogP contribution in [0.5, 0.6) is 0 Å². The van der Waals surface area contributed by atoms with Crippen LogP contribution >= 0.6 is 0 Å². The van der Waals surface area contributed by atoms with Crippen molar-refractivity contribution in [3.05, 3.63) is 70.3 Å². The molecule has 1 fully saturated rings. The number of H-pyrrole nitrogens is 2. The Balaban J connectivity index is 1.48. The second kappa shape index (κ2) is 8.57. The first-order chi connectivity index (χ1) is 16.5. The summed E-state index contributed by atoms with van der Waals surface area (Å²) >= 11 is 0. The van der Waals surface area contributed by atoms with Crippen molar-refractivity contribution in [1.29, 1.82) is 5.26 Å². The van der Waals surface area contributed by atoms with Gasteiger partial charge in [0.1, 0.15) is 0 Å². The van der Waals surface area contributed by atoms with Gasteiger partial charge in [-0.3, -0.25) is 14.7 Å². The number of benzene rings is 2. The van der Waals surface area contributed by atoms with E-state index in [4.69, 9.17) is 0 Å². The number of imidazole rings is 1. The molecule has 5 rings (SSSR count). The Morgan fingerprint density at radius 3 is 2.53 bits per heavy atom. The Morgan fingerprint density at radius 1 is 1.06 bits per heavy atom. The van der Waals surface area contributed by atoms with Gasteiger partial charge in [-0.05, 0) is 50.2 Å². The highest BCUT2D eigenvalue weighted by atomic mass is 16.2. The lowest BCUT2D eigenvalue weighted by Crippen LogP contribution is -2.46. The lowest BCUT2D eigenvalue weighted by molar-refractivity contribution is 0.0736. The first-order valence-corrected chi connectivity index (χ1v) is 11.1. The molecule has 0 atom stereocenters. The SMILES string of the molecule is Cc1n[nH]c(C)c1-c1cc(C(=O)c2nc3ccc(C(=O)N4CCNCC4)cc3[nH]2)ccc1C#N. The maximum absolute atomic E-state index is 13.3. The zero-order valence-corrected chi connectivity index (χ0v) is 18.9. The minimum Gasteiger partial charge on any atom is -0.336 e. The third kappa shape index (κ3) is 3.74. The van der Waals surface area contributed by atoms with Crippen LogP contribution in [-0.2, 0) is 0 Å². The summed E-state index contributed by atoms with van der Waals surface area (Å²) in [6.07, 6.45) is 0. The van der Waals surface area contributed by atoms with Crippen LogP contribution in [0.25, 0.3) is 22.2 Å². The zero-order chi connectivity index (χ0) is 23.8. The van der Waals surface area contributed by atoms with E-state index < -0.39 is 0 Å². The Labute approximate surface area is 195 Å². The van der Waals surface area contributed by atoms with Gasteiger partial charge in [-0.25, -0.2) is 4.98 Å². The number of aromatic amines is 2. The molecule has 0 spiro atoms. The first-order valence-electron chi connectivity index (χ1n) is 11.1. The lowest BCUT2D eigenvalue weighted by atomic mass is 9.95. The van der Waals surface area contributed by atoms with Crippen molar-refractivity contribution < 1.29 is 9.59 Å². The molecule has 3 N–H and O–H groups in total. The minimum absolute atomic E-state index is 0.0338. The van der Waals surface area contributed by atoms with Gasteiger partial charge < -0.3 is 15.2 Å². The number of aryl methyl sites for hydroxylation is 2. The Morgan fingerprint density at radius 2 is 1.82 bits per heavy atom. The van der Waals surface area contributed by atoms with Crippen molar-refractivity contribution >= 4 is 22.7 Å². The van der Waals surface area contributed by atoms with E-state index in [1.54, 1.807) is 36.4 Å². The molecule has 1 saturated heterocycles. The number of nitrogens with one attached hydrogen (secondary N) is 3. The number of piperazine rings is 1. The predicted octanol–water partition coefficient (Wildman–Crippen LogP) is 2.72. The number of rotatable bonds is 4. The summed E-state index contributed by atoms with van der Waals surface area (Å²) in [6, 6.07) is 12.4. The molecular weight excluding hydrogens is 430 g/mol. The van der Waals surface area contributed by atoms with E-state index in [9.17, 15) is 14.9 Å². The van der Waals surface area contributed by atoms with E-state index in [1.165, 1.54) is 0 Å². The second-order valence-corrected chi connectivity index (χ2v) is 8.37. The molecule has 170 valence electrons. The highest BCUT2D eigenvalue weighted by Crippen LogP contribution is 2.30.